The van der Waals surface area contributed by atoms with E-state index in [9.17, 15) is 14.7 Å². The Morgan fingerprint density at radius 3 is 2.15 bits per heavy atom. The molecular formula is C51H42BrNO8. The highest BCUT2D eigenvalue weighted by molar-refractivity contribution is 9.10. The maximum atomic E-state index is 15.3. The van der Waals surface area contributed by atoms with Crippen molar-refractivity contribution in [1.29, 1.82) is 0 Å². The number of anilines is 1. The number of benzene rings is 5. The second kappa shape index (κ2) is 15.8. The van der Waals surface area contributed by atoms with Crippen LogP contribution >= 0.6 is 15.9 Å². The van der Waals surface area contributed by atoms with Gasteiger partial charge in [0.1, 0.15) is 11.5 Å². The number of rotatable bonds is 9. The van der Waals surface area contributed by atoms with E-state index < -0.39 is 35.0 Å². The number of phenolic OH excluding ortho intramolecular Hbond substituents is 1. The van der Waals surface area contributed by atoms with Crippen LogP contribution in [0.1, 0.15) is 46.6 Å². The van der Waals surface area contributed by atoms with Gasteiger partial charge in [-0.25, -0.2) is 0 Å². The van der Waals surface area contributed by atoms with Gasteiger partial charge < -0.3 is 19.3 Å². The third-order valence-corrected chi connectivity index (χ3v) is 13.6. The number of fused-ring (bicyclic) bond motifs is 4. The number of methoxy groups -OCH3 is 3. The lowest BCUT2D eigenvalue weighted by Gasteiger charge is -2.55. The predicted molar refractivity (Wildman–Crippen MR) is 236 cm³/mol. The Balaban J connectivity index is 1.14. The zero-order chi connectivity index (χ0) is 42.6. The Hall–Kier alpha value is -6.52. The Kier molecular flexibility index (Phi) is 10.4. The van der Waals surface area contributed by atoms with Gasteiger partial charge in [-0.05, 0) is 105 Å². The average molecular weight is 877 g/mol. The van der Waals surface area contributed by atoms with Crippen LogP contribution in [0.15, 0.2) is 137 Å². The topological polar surface area (TPSA) is 119 Å². The van der Waals surface area contributed by atoms with E-state index >= 15 is 9.59 Å². The first kappa shape index (κ1) is 39.9. The molecule has 9 nitrogen and oxygen atoms in total. The highest BCUT2D eigenvalue weighted by Gasteiger charge is 2.66. The number of aromatic hydroxyl groups is 1. The standard InChI is InChI=1S/C51H42BrNO8/c1-59-35-20-23-42(60-2)31(24-35)17-14-29-15-18-34(19-16-29)53-49(57)37-22-21-36-39(45(37)50(53)58)27-40-47(55)38(30-10-6-4-7-11-30)28-44(54)51(40,33-12-8-5-9-13-33)46(36)32-25-41(52)48(56)43(26-32)61-3/h4-21,23-26,28,37,39-40,45-46,56H,22,27H2,1-3H3/t37-,39+,40-,45-,46-,51-/m0/s1. The monoisotopic (exact) mass is 875 g/mol. The van der Waals surface area contributed by atoms with Gasteiger partial charge in [-0.3, -0.25) is 24.1 Å². The summed E-state index contributed by atoms with van der Waals surface area (Å²) >= 11 is 3.52. The van der Waals surface area contributed by atoms with Gasteiger partial charge in [-0.2, -0.15) is 0 Å². The van der Waals surface area contributed by atoms with Crippen molar-refractivity contribution < 1.29 is 38.5 Å². The number of carbonyl (C=O) groups excluding carboxylic acids is 4. The summed E-state index contributed by atoms with van der Waals surface area (Å²) < 4.78 is 16.9. The molecule has 61 heavy (non-hydrogen) atoms. The molecule has 3 aliphatic carbocycles. The maximum absolute atomic E-state index is 15.3. The number of Topliss-reactive ketones (excluding diaryl/α,β-unsaturated/α-hetero) is 1. The minimum atomic E-state index is -1.42. The molecule has 306 valence electrons. The fourth-order valence-electron chi connectivity index (χ4n) is 10.3. The van der Waals surface area contributed by atoms with Crippen LogP contribution in [0.5, 0.6) is 23.0 Å². The molecule has 0 bridgehead atoms. The molecular weight excluding hydrogens is 834 g/mol. The smallest absolute Gasteiger partial charge is 0.238 e. The van der Waals surface area contributed by atoms with Crippen molar-refractivity contribution in [2.75, 3.05) is 26.2 Å². The largest absolute Gasteiger partial charge is 0.503 e. The minimum Gasteiger partial charge on any atom is -0.503 e. The molecule has 9 rings (SSSR count). The molecule has 0 radical (unpaired) electrons. The first-order valence-electron chi connectivity index (χ1n) is 20.2. The Bertz CT molecular complexity index is 2690. The summed E-state index contributed by atoms with van der Waals surface area (Å²) in [4.78, 5) is 61.3. The fraction of sp³-hybridized carbons (Fsp3) is 0.216. The molecule has 10 heteroatoms. The first-order chi connectivity index (χ1) is 29.6. The number of imide groups is 1. The number of allylic oxidation sites excluding steroid dienone is 4. The van der Waals surface area contributed by atoms with Gasteiger partial charge in [0.15, 0.2) is 23.1 Å². The zero-order valence-corrected chi connectivity index (χ0v) is 35.3. The summed E-state index contributed by atoms with van der Waals surface area (Å²) in [5.74, 6) is -3.26. The molecule has 1 N–H and O–H groups in total. The lowest BCUT2D eigenvalue weighted by molar-refractivity contribution is -0.135. The molecule has 5 aromatic rings. The van der Waals surface area contributed by atoms with Crippen LogP contribution in [0.4, 0.5) is 5.69 Å². The number of halogens is 1. The number of ether oxygens (including phenoxy) is 3. The Morgan fingerprint density at radius 2 is 1.46 bits per heavy atom. The van der Waals surface area contributed by atoms with E-state index in [2.05, 4.69) is 15.9 Å². The molecule has 2 fully saturated rings. The average Bonchev–Trinajstić information content (AvgIpc) is 3.56. The second-order valence-electron chi connectivity index (χ2n) is 15.9. The molecule has 0 aromatic heterocycles. The molecule has 6 atom stereocenters. The van der Waals surface area contributed by atoms with Gasteiger partial charge in [-0.15, -0.1) is 0 Å². The van der Waals surface area contributed by atoms with E-state index in [0.29, 0.717) is 43.9 Å². The molecule has 1 aliphatic heterocycles. The van der Waals surface area contributed by atoms with Crippen molar-refractivity contribution in [3.63, 3.8) is 0 Å². The number of ketones is 2. The van der Waals surface area contributed by atoms with E-state index in [1.165, 1.54) is 18.1 Å². The van der Waals surface area contributed by atoms with Crippen LogP contribution < -0.4 is 19.1 Å². The van der Waals surface area contributed by atoms with Crippen molar-refractivity contribution >= 4 is 62.7 Å². The van der Waals surface area contributed by atoms with Crippen molar-refractivity contribution in [2.45, 2.75) is 24.2 Å². The van der Waals surface area contributed by atoms with Gasteiger partial charge in [0.05, 0.1) is 48.7 Å². The van der Waals surface area contributed by atoms with Crippen LogP contribution in [-0.2, 0) is 24.6 Å². The molecule has 0 unspecified atom stereocenters. The van der Waals surface area contributed by atoms with Gasteiger partial charge >= 0.3 is 0 Å². The van der Waals surface area contributed by atoms with E-state index in [0.717, 1.165) is 16.7 Å². The fourth-order valence-corrected chi connectivity index (χ4v) is 10.8. The van der Waals surface area contributed by atoms with Gasteiger partial charge in [0.25, 0.3) is 0 Å². The Labute approximate surface area is 362 Å². The highest BCUT2D eigenvalue weighted by atomic mass is 79.9. The molecule has 0 spiro atoms. The molecule has 2 amide bonds. The lowest BCUT2D eigenvalue weighted by atomic mass is 9.44. The second-order valence-corrected chi connectivity index (χ2v) is 16.7. The molecule has 5 aromatic carbocycles. The van der Waals surface area contributed by atoms with Crippen LogP contribution in [0, 0.1) is 23.7 Å². The molecule has 1 heterocycles. The molecule has 1 saturated carbocycles. The van der Waals surface area contributed by atoms with Crippen molar-refractivity contribution in [3.05, 3.63) is 165 Å². The number of phenols is 1. The summed E-state index contributed by atoms with van der Waals surface area (Å²) in [6, 6.07) is 34.8. The highest BCUT2D eigenvalue weighted by Crippen LogP contribution is 2.64. The predicted octanol–water partition coefficient (Wildman–Crippen LogP) is 9.38. The summed E-state index contributed by atoms with van der Waals surface area (Å²) in [6.45, 7) is 0. The normalized spacial score (nSPS) is 24.5. The number of hydrogen-bond acceptors (Lipinski definition) is 8. The van der Waals surface area contributed by atoms with E-state index in [4.69, 9.17) is 14.2 Å². The first-order valence-corrected chi connectivity index (χ1v) is 21.0. The molecule has 4 aliphatic rings. The summed E-state index contributed by atoms with van der Waals surface area (Å²) in [7, 11) is 4.67. The number of carbonyl (C=O) groups is 4. The summed E-state index contributed by atoms with van der Waals surface area (Å²) in [6.07, 6.45) is 7.80. The third kappa shape index (κ3) is 6.43. The summed E-state index contributed by atoms with van der Waals surface area (Å²) in [5, 5.41) is 11.0. The van der Waals surface area contributed by atoms with Gasteiger partial charge in [0.2, 0.25) is 11.8 Å². The van der Waals surface area contributed by atoms with Crippen LogP contribution in [0.3, 0.4) is 0 Å². The third-order valence-electron chi connectivity index (χ3n) is 13.0. The number of nitrogens with zero attached hydrogens (tertiary/aromatic N) is 1. The van der Waals surface area contributed by atoms with Gasteiger partial charge in [0, 0.05) is 23.0 Å². The SMILES string of the molecule is COc1ccc(OC)c(C=Cc2ccc(N3C(=O)[C@H]4[C@H](CC=C5[C@H]4C[C@H]4C(=O)C(c6ccccc6)=CC(=O)[C@@]4(c4ccccc4)[C@H]5c4cc(Br)c(O)c(OC)c4)C3=O)cc2)c1. The lowest BCUT2D eigenvalue weighted by Crippen LogP contribution is -2.58. The van der Waals surface area contributed by atoms with Crippen LogP contribution in [0.2, 0.25) is 0 Å². The maximum Gasteiger partial charge on any atom is 0.238 e. The quantitative estimate of drug-likeness (QED) is 0.0885. The van der Waals surface area contributed by atoms with Crippen molar-refractivity contribution in [1.82, 2.24) is 0 Å². The zero-order valence-electron chi connectivity index (χ0n) is 33.7. The van der Waals surface area contributed by atoms with Crippen molar-refractivity contribution in [2.24, 2.45) is 23.7 Å². The van der Waals surface area contributed by atoms with E-state index in [1.54, 1.807) is 38.5 Å². The molecule has 1 saturated heterocycles. The van der Waals surface area contributed by atoms with E-state index in [-0.39, 0.29) is 47.7 Å². The van der Waals surface area contributed by atoms with Crippen LogP contribution in [0.25, 0.3) is 17.7 Å². The van der Waals surface area contributed by atoms with Gasteiger partial charge in [-0.1, -0.05) is 96.6 Å². The Morgan fingerprint density at radius 1 is 0.754 bits per heavy atom. The number of hydrogen-bond donors (Lipinski definition) is 1. The van der Waals surface area contributed by atoms with Crippen LogP contribution in [-0.4, -0.2) is 49.8 Å². The number of amides is 2. The minimum absolute atomic E-state index is 0.104. The van der Waals surface area contributed by atoms with E-state index in [1.807, 2.05) is 109 Å². The van der Waals surface area contributed by atoms with Crippen molar-refractivity contribution in [3.8, 4) is 23.0 Å². The summed E-state index contributed by atoms with van der Waals surface area (Å²) in [5.41, 5.74) is 3.78.